The summed E-state index contributed by atoms with van der Waals surface area (Å²) in [6.45, 7) is 1.79. The smallest absolute Gasteiger partial charge is 0.275 e. The molecule has 4 aromatic heterocycles. The van der Waals surface area contributed by atoms with Crippen molar-refractivity contribution >= 4 is 37.9 Å². The fourth-order valence-corrected chi connectivity index (χ4v) is 3.48. The maximum atomic E-state index is 14.2. The highest BCUT2D eigenvalue weighted by molar-refractivity contribution is 9.11. The van der Waals surface area contributed by atoms with Gasteiger partial charge in [-0.25, -0.2) is 14.4 Å². The highest BCUT2D eigenvalue weighted by Crippen LogP contribution is 2.23. The van der Waals surface area contributed by atoms with Crippen molar-refractivity contribution < 1.29 is 4.39 Å². The third kappa shape index (κ3) is 2.04. The van der Waals surface area contributed by atoms with Crippen LogP contribution in [-0.4, -0.2) is 24.0 Å². The third-order valence-corrected chi connectivity index (χ3v) is 4.48. The second-order valence-electron chi connectivity index (χ2n) is 4.72. The second kappa shape index (κ2) is 4.68. The molecule has 0 saturated carbocycles. The van der Waals surface area contributed by atoms with E-state index < -0.39 is 5.82 Å². The lowest BCUT2D eigenvalue weighted by molar-refractivity contribution is 0.630. The summed E-state index contributed by atoms with van der Waals surface area (Å²) in [5.74, 6) is -0.460. The van der Waals surface area contributed by atoms with Gasteiger partial charge in [0.25, 0.3) is 5.56 Å². The molecule has 4 rings (SSSR count). The Hall–Kier alpha value is -2.13. The third-order valence-electron chi connectivity index (χ3n) is 3.14. The van der Waals surface area contributed by atoms with E-state index >= 15 is 0 Å². The zero-order chi connectivity index (χ0) is 15.4. The van der Waals surface area contributed by atoms with Crippen molar-refractivity contribution in [2.24, 2.45) is 0 Å². The largest absolute Gasteiger partial charge is 0.304 e. The summed E-state index contributed by atoms with van der Waals surface area (Å²) >= 11 is 4.45. The summed E-state index contributed by atoms with van der Waals surface area (Å²) in [5, 5.41) is 4.01. The predicted octanol–water partition coefficient (Wildman–Crippen LogP) is 2.68. The molecule has 4 heterocycles. The van der Waals surface area contributed by atoms with Crippen LogP contribution in [-0.2, 0) is 0 Å². The molecule has 0 aliphatic heterocycles. The summed E-state index contributed by atoms with van der Waals surface area (Å²) < 4.78 is 17.5. The maximum absolute atomic E-state index is 14.2. The average molecular weight is 380 g/mol. The minimum atomic E-state index is -0.460. The van der Waals surface area contributed by atoms with E-state index in [1.807, 2.05) is 0 Å². The summed E-state index contributed by atoms with van der Waals surface area (Å²) in [6.07, 6.45) is 3.42. The molecule has 6 nitrogen and oxygen atoms in total. The first-order valence-corrected chi connectivity index (χ1v) is 7.84. The zero-order valence-electron chi connectivity index (χ0n) is 11.1. The Labute approximate surface area is 135 Å². The van der Waals surface area contributed by atoms with Gasteiger partial charge in [0.2, 0.25) is 4.96 Å². The van der Waals surface area contributed by atoms with E-state index in [0.717, 1.165) is 0 Å². The van der Waals surface area contributed by atoms with Crippen LogP contribution in [0.3, 0.4) is 0 Å². The van der Waals surface area contributed by atoms with Crippen LogP contribution in [0.25, 0.3) is 21.9 Å². The predicted molar refractivity (Wildman–Crippen MR) is 83.7 cm³/mol. The summed E-state index contributed by atoms with van der Waals surface area (Å²) in [5.41, 5.74) is 1.55. The van der Waals surface area contributed by atoms with E-state index in [0.29, 0.717) is 25.8 Å². The van der Waals surface area contributed by atoms with Crippen molar-refractivity contribution in [3.63, 3.8) is 0 Å². The number of hydrogen-bond donors (Lipinski definition) is 0. The van der Waals surface area contributed by atoms with Gasteiger partial charge in [0.15, 0.2) is 15.4 Å². The van der Waals surface area contributed by atoms with Gasteiger partial charge in [0, 0.05) is 24.0 Å². The first kappa shape index (κ1) is 13.5. The van der Waals surface area contributed by atoms with Gasteiger partial charge in [-0.2, -0.15) is 4.52 Å². The number of imidazole rings is 1. The number of halogens is 2. The molecular formula is C13H7BrFN5OS. The fourth-order valence-electron chi connectivity index (χ4n) is 2.25. The minimum Gasteiger partial charge on any atom is -0.304 e. The van der Waals surface area contributed by atoms with Crippen LogP contribution < -0.4 is 5.56 Å². The van der Waals surface area contributed by atoms with Crippen LogP contribution in [0.5, 0.6) is 0 Å². The van der Waals surface area contributed by atoms with Crippen LogP contribution in [0.1, 0.15) is 5.69 Å². The highest BCUT2D eigenvalue weighted by Gasteiger charge is 2.12. The van der Waals surface area contributed by atoms with Crippen molar-refractivity contribution in [3.05, 3.63) is 50.3 Å². The number of nitrogens with zero attached hydrogens (tertiary/aromatic N) is 5. The van der Waals surface area contributed by atoms with E-state index in [1.54, 1.807) is 23.7 Å². The Balaban J connectivity index is 1.99. The topological polar surface area (TPSA) is 64.6 Å². The molecule has 0 N–H and O–H groups in total. The first-order chi connectivity index (χ1) is 10.5. The SMILES string of the molecule is Cc1cn2cc(-c3cc(=O)n4nc(Br)sc4n3)cc(F)c2n1. The van der Waals surface area contributed by atoms with Gasteiger partial charge in [-0.05, 0) is 28.9 Å². The lowest BCUT2D eigenvalue weighted by Gasteiger charge is -2.03. The van der Waals surface area contributed by atoms with Crippen LogP contribution in [0.4, 0.5) is 4.39 Å². The molecule has 0 radical (unpaired) electrons. The molecule has 9 heteroatoms. The second-order valence-corrected chi connectivity index (χ2v) is 6.95. The van der Waals surface area contributed by atoms with Gasteiger partial charge < -0.3 is 4.40 Å². The molecular weight excluding hydrogens is 373 g/mol. The minimum absolute atomic E-state index is 0.250. The normalized spacial score (nSPS) is 11.6. The molecule has 0 amide bonds. The molecule has 0 atom stereocenters. The van der Waals surface area contributed by atoms with E-state index in [1.165, 1.54) is 28.0 Å². The van der Waals surface area contributed by atoms with Crippen LogP contribution in [0.2, 0.25) is 0 Å². The fraction of sp³-hybridized carbons (Fsp3) is 0.0769. The lowest BCUT2D eigenvalue weighted by atomic mass is 10.2. The van der Waals surface area contributed by atoms with Crippen LogP contribution in [0.15, 0.2) is 33.2 Å². The molecule has 0 aromatic carbocycles. The molecule has 0 saturated heterocycles. The molecule has 0 aliphatic carbocycles. The van der Waals surface area contributed by atoms with Crippen LogP contribution in [0, 0.1) is 12.7 Å². The Morgan fingerprint density at radius 2 is 2.09 bits per heavy atom. The number of aryl methyl sites for hydroxylation is 1. The molecule has 0 fully saturated rings. The van der Waals surface area contributed by atoms with Crippen molar-refractivity contribution in [1.82, 2.24) is 24.0 Å². The quantitative estimate of drug-likeness (QED) is 0.509. The van der Waals surface area contributed by atoms with Gasteiger partial charge in [-0.1, -0.05) is 11.3 Å². The molecule has 4 aromatic rings. The Morgan fingerprint density at radius 1 is 1.27 bits per heavy atom. The van der Waals surface area contributed by atoms with E-state index in [2.05, 4.69) is 31.0 Å². The van der Waals surface area contributed by atoms with Crippen molar-refractivity contribution in [1.29, 1.82) is 0 Å². The lowest BCUT2D eigenvalue weighted by Crippen LogP contribution is -2.14. The average Bonchev–Trinajstić information content (AvgIpc) is 3.00. The first-order valence-electron chi connectivity index (χ1n) is 6.23. The van der Waals surface area contributed by atoms with Gasteiger partial charge in [0.05, 0.1) is 11.4 Å². The zero-order valence-corrected chi connectivity index (χ0v) is 13.5. The number of pyridine rings is 1. The summed E-state index contributed by atoms with van der Waals surface area (Å²) in [7, 11) is 0. The van der Waals surface area contributed by atoms with Gasteiger partial charge in [0.1, 0.15) is 0 Å². The Morgan fingerprint density at radius 3 is 2.91 bits per heavy atom. The maximum Gasteiger partial charge on any atom is 0.275 e. The Kier molecular flexibility index (Phi) is 2.88. The number of aromatic nitrogens is 5. The molecule has 0 aliphatic rings. The molecule has 0 bridgehead atoms. The molecule has 0 unspecified atom stereocenters. The number of fused-ring (bicyclic) bond motifs is 2. The summed E-state index contributed by atoms with van der Waals surface area (Å²) in [4.78, 5) is 21.0. The van der Waals surface area contributed by atoms with Crippen molar-refractivity contribution in [2.75, 3.05) is 0 Å². The van der Waals surface area contributed by atoms with E-state index in [9.17, 15) is 9.18 Å². The van der Waals surface area contributed by atoms with Gasteiger partial charge in [-0.15, -0.1) is 5.10 Å². The molecule has 22 heavy (non-hydrogen) atoms. The highest BCUT2D eigenvalue weighted by atomic mass is 79.9. The van der Waals surface area contributed by atoms with E-state index in [4.69, 9.17) is 0 Å². The number of hydrogen-bond acceptors (Lipinski definition) is 5. The van der Waals surface area contributed by atoms with Crippen molar-refractivity contribution in [2.45, 2.75) is 6.92 Å². The van der Waals surface area contributed by atoms with Gasteiger partial charge >= 0.3 is 0 Å². The molecule has 110 valence electrons. The van der Waals surface area contributed by atoms with Gasteiger partial charge in [-0.3, -0.25) is 4.79 Å². The number of rotatable bonds is 1. The Bertz CT molecular complexity index is 1100. The standard InChI is InChI=1S/C13H7BrFN5OS/c1-6-4-19-5-7(2-8(15)11(19)16-6)9-3-10(21)20-13(17-9)22-12(14)18-20/h2-5H,1H3. The van der Waals surface area contributed by atoms with Crippen molar-refractivity contribution in [3.8, 4) is 11.3 Å². The monoisotopic (exact) mass is 379 g/mol. The molecule has 0 spiro atoms. The summed E-state index contributed by atoms with van der Waals surface area (Å²) in [6, 6.07) is 2.67. The van der Waals surface area contributed by atoms with E-state index in [-0.39, 0.29) is 11.2 Å². The van der Waals surface area contributed by atoms with Crippen LogP contribution >= 0.6 is 27.3 Å².